The van der Waals surface area contributed by atoms with Crippen LogP contribution in [0.3, 0.4) is 0 Å². The molecule has 23 heavy (non-hydrogen) atoms. The van der Waals surface area contributed by atoms with Gasteiger partial charge < -0.3 is 19.9 Å². The van der Waals surface area contributed by atoms with Crippen molar-refractivity contribution in [1.82, 2.24) is 5.32 Å². The summed E-state index contributed by atoms with van der Waals surface area (Å²) in [6.07, 6.45) is 1.77. The van der Waals surface area contributed by atoms with Crippen molar-refractivity contribution in [3.63, 3.8) is 0 Å². The summed E-state index contributed by atoms with van der Waals surface area (Å²) in [5.74, 6) is -0.199. The second-order valence-electron chi connectivity index (χ2n) is 4.51. The first-order valence-electron chi connectivity index (χ1n) is 6.72. The van der Waals surface area contributed by atoms with Gasteiger partial charge in [-0.2, -0.15) is 0 Å². The Morgan fingerprint density at radius 3 is 2.78 bits per heavy atom. The van der Waals surface area contributed by atoms with Crippen molar-refractivity contribution < 1.29 is 24.2 Å². The fourth-order valence-electron chi connectivity index (χ4n) is 1.86. The van der Waals surface area contributed by atoms with Crippen LogP contribution in [-0.2, 0) is 9.59 Å². The summed E-state index contributed by atoms with van der Waals surface area (Å²) < 4.78 is 10.4. The Morgan fingerprint density at radius 2 is 2.17 bits per heavy atom. The minimum atomic E-state index is -1.12. The molecule has 1 aromatic carbocycles. The molecule has 7 nitrogen and oxygen atoms in total. The SMILES string of the molecule is COc1ccc(C=C(SC2=NCCC(=O)N2)C(=O)O)c(OC)c1. The molecule has 122 valence electrons. The quantitative estimate of drug-likeness (QED) is 0.795. The van der Waals surface area contributed by atoms with Crippen LogP contribution in [0, 0.1) is 0 Å². The molecule has 0 aliphatic carbocycles. The topological polar surface area (TPSA) is 97.2 Å². The molecule has 0 bridgehead atoms. The number of amides is 1. The van der Waals surface area contributed by atoms with Gasteiger partial charge in [0, 0.05) is 18.1 Å². The molecule has 0 fully saturated rings. The molecular weight excluding hydrogens is 320 g/mol. The number of nitrogens with one attached hydrogen (secondary N) is 1. The average molecular weight is 336 g/mol. The lowest BCUT2D eigenvalue weighted by molar-refractivity contribution is -0.131. The van der Waals surface area contributed by atoms with Gasteiger partial charge in [0.05, 0.1) is 20.8 Å². The fraction of sp³-hybridized carbons (Fsp3) is 0.267. The number of benzene rings is 1. The number of thioether (sulfide) groups is 1. The van der Waals surface area contributed by atoms with Crippen LogP contribution in [0.4, 0.5) is 0 Å². The third kappa shape index (κ3) is 4.49. The molecule has 0 radical (unpaired) electrons. The third-order valence-corrected chi connectivity index (χ3v) is 3.92. The number of nitrogens with zero attached hydrogens (tertiary/aromatic N) is 1. The Bertz CT molecular complexity index is 684. The van der Waals surface area contributed by atoms with E-state index in [-0.39, 0.29) is 16.0 Å². The van der Waals surface area contributed by atoms with Gasteiger partial charge in [0.1, 0.15) is 16.4 Å². The van der Waals surface area contributed by atoms with Gasteiger partial charge in [0.25, 0.3) is 0 Å². The number of carbonyl (C=O) groups excluding carboxylic acids is 1. The Kier molecular flexibility index (Phi) is 5.64. The van der Waals surface area contributed by atoms with E-state index >= 15 is 0 Å². The Balaban J connectivity index is 2.30. The van der Waals surface area contributed by atoms with Crippen molar-refractivity contribution in [2.45, 2.75) is 6.42 Å². The van der Waals surface area contributed by atoms with Crippen molar-refractivity contribution in [2.24, 2.45) is 4.99 Å². The van der Waals surface area contributed by atoms with Gasteiger partial charge in [-0.15, -0.1) is 0 Å². The highest BCUT2D eigenvalue weighted by atomic mass is 32.2. The second-order valence-corrected chi connectivity index (χ2v) is 5.54. The number of ether oxygens (including phenoxy) is 2. The number of rotatable bonds is 5. The number of carbonyl (C=O) groups is 2. The monoisotopic (exact) mass is 336 g/mol. The van der Waals surface area contributed by atoms with Crippen LogP contribution in [0.15, 0.2) is 28.1 Å². The normalized spacial score (nSPS) is 14.8. The predicted octanol–water partition coefficient (Wildman–Crippen LogP) is 1.74. The van der Waals surface area contributed by atoms with Crippen LogP contribution in [0.5, 0.6) is 11.5 Å². The number of aliphatic imine (C=N–C) groups is 1. The summed E-state index contributed by atoms with van der Waals surface area (Å²) in [7, 11) is 3.03. The van der Waals surface area contributed by atoms with Crippen molar-refractivity contribution in [3.8, 4) is 11.5 Å². The minimum Gasteiger partial charge on any atom is -0.497 e. The zero-order valence-electron chi connectivity index (χ0n) is 12.7. The van der Waals surface area contributed by atoms with Crippen molar-refractivity contribution in [2.75, 3.05) is 20.8 Å². The molecule has 1 amide bonds. The molecule has 1 aromatic rings. The maximum absolute atomic E-state index is 11.5. The lowest BCUT2D eigenvalue weighted by Gasteiger charge is -2.13. The number of carboxylic acid groups (broad SMARTS) is 1. The lowest BCUT2D eigenvalue weighted by atomic mass is 10.1. The van der Waals surface area contributed by atoms with E-state index in [4.69, 9.17) is 9.47 Å². The zero-order chi connectivity index (χ0) is 16.8. The van der Waals surface area contributed by atoms with Crippen LogP contribution < -0.4 is 14.8 Å². The third-order valence-electron chi connectivity index (χ3n) is 2.99. The Labute approximate surface area is 137 Å². The molecule has 0 spiro atoms. The minimum absolute atomic E-state index is 0.0226. The van der Waals surface area contributed by atoms with Gasteiger partial charge in [-0.3, -0.25) is 9.79 Å². The molecule has 0 saturated carbocycles. The van der Waals surface area contributed by atoms with E-state index in [2.05, 4.69) is 10.3 Å². The molecule has 8 heteroatoms. The first-order chi connectivity index (χ1) is 11.0. The summed E-state index contributed by atoms with van der Waals surface area (Å²) in [6.45, 7) is 0.354. The van der Waals surface area contributed by atoms with Crippen LogP contribution in [0.2, 0.25) is 0 Å². The van der Waals surface area contributed by atoms with Crippen LogP contribution in [0.25, 0.3) is 6.08 Å². The molecule has 1 heterocycles. The summed E-state index contributed by atoms with van der Waals surface area (Å²) >= 11 is 0.894. The van der Waals surface area contributed by atoms with Gasteiger partial charge in [0.2, 0.25) is 5.91 Å². The van der Waals surface area contributed by atoms with Gasteiger partial charge in [-0.1, -0.05) is 0 Å². The van der Waals surface area contributed by atoms with E-state index in [1.165, 1.54) is 20.3 Å². The van der Waals surface area contributed by atoms with Crippen molar-refractivity contribution >= 4 is 34.9 Å². The smallest absolute Gasteiger partial charge is 0.342 e. The highest BCUT2D eigenvalue weighted by Crippen LogP contribution is 2.29. The maximum Gasteiger partial charge on any atom is 0.342 e. The predicted molar refractivity (Wildman–Crippen MR) is 87.8 cm³/mol. The Morgan fingerprint density at radius 1 is 1.39 bits per heavy atom. The number of hydrogen-bond donors (Lipinski definition) is 2. The van der Waals surface area contributed by atoms with E-state index in [9.17, 15) is 14.7 Å². The van der Waals surface area contributed by atoms with Gasteiger partial charge in [-0.05, 0) is 30.0 Å². The average Bonchev–Trinajstić information content (AvgIpc) is 2.54. The first-order valence-corrected chi connectivity index (χ1v) is 7.54. The van der Waals surface area contributed by atoms with Gasteiger partial charge in [-0.25, -0.2) is 4.79 Å². The van der Waals surface area contributed by atoms with Gasteiger partial charge >= 0.3 is 5.97 Å². The van der Waals surface area contributed by atoms with Crippen LogP contribution in [0.1, 0.15) is 12.0 Å². The molecule has 1 aliphatic heterocycles. The number of methoxy groups -OCH3 is 2. The fourth-order valence-corrected chi connectivity index (χ4v) is 2.66. The standard InChI is InChI=1S/C15H16N2O5S/c1-21-10-4-3-9(11(8-10)22-2)7-12(14(19)20)23-15-16-6-5-13(18)17-15/h3-4,7-8H,5-6H2,1-2H3,(H,19,20)(H,16,17,18). The van der Waals surface area contributed by atoms with E-state index < -0.39 is 5.97 Å². The summed E-state index contributed by atoms with van der Waals surface area (Å²) in [6, 6.07) is 5.07. The first kappa shape index (κ1) is 16.9. The number of hydrogen-bond acceptors (Lipinski definition) is 6. The molecule has 0 saturated heterocycles. The largest absolute Gasteiger partial charge is 0.497 e. The summed E-state index contributed by atoms with van der Waals surface area (Å²) in [5, 5.41) is 12.2. The maximum atomic E-state index is 11.5. The number of aliphatic carboxylic acids is 1. The van der Waals surface area contributed by atoms with Crippen LogP contribution >= 0.6 is 11.8 Å². The Hall–Kier alpha value is -2.48. The summed E-state index contributed by atoms with van der Waals surface area (Å²) in [5.41, 5.74) is 0.584. The van der Waals surface area contributed by atoms with Gasteiger partial charge in [0.15, 0.2) is 5.17 Å². The van der Waals surface area contributed by atoms with Crippen molar-refractivity contribution in [1.29, 1.82) is 0 Å². The molecular formula is C15H16N2O5S. The highest BCUT2D eigenvalue weighted by Gasteiger charge is 2.18. The molecule has 0 atom stereocenters. The highest BCUT2D eigenvalue weighted by molar-refractivity contribution is 8.18. The molecule has 2 N–H and O–H groups in total. The van der Waals surface area contributed by atoms with E-state index in [1.54, 1.807) is 18.2 Å². The van der Waals surface area contributed by atoms with E-state index in [0.717, 1.165) is 11.8 Å². The molecule has 1 aliphatic rings. The van der Waals surface area contributed by atoms with E-state index in [1.807, 2.05) is 0 Å². The summed E-state index contributed by atoms with van der Waals surface area (Å²) in [4.78, 5) is 26.9. The molecule has 0 unspecified atom stereocenters. The molecule has 0 aromatic heterocycles. The lowest BCUT2D eigenvalue weighted by Crippen LogP contribution is -2.33. The zero-order valence-corrected chi connectivity index (χ0v) is 13.5. The van der Waals surface area contributed by atoms with Crippen LogP contribution in [-0.4, -0.2) is 42.9 Å². The number of amidine groups is 1. The number of carboxylic acids is 1. The van der Waals surface area contributed by atoms with E-state index in [0.29, 0.717) is 30.0 Å². The second kappa shape index (κ2) is 7.68. The van der Waals surface area contributed by atoms with Crippen molar-refractivity contribution in [3.05, 3.63) is 28.7 Å². The molecule has 2 rings (SSSR count).